The number of pyridine rings is 2. The Morgan fingerprint density at radius 2 is 1.87 bits per heavy atom. The maximum absolute atomic E-state index is 13.7. The largest absolute Gasteiger partial charge is 0.418 e. The molecule has 0 saturated carbocycles. The van der Waals surface area contributed by atoms with Crippen molar-refractivity contribution in [1.29, 1.82) is 0 Å². The number of rotatable bonds is 2. The summed E-state index contributed by atoms with van der Waals surface area (Å²) in [5.74, 6) is -1.38. The summed E-state index contributed by atoms with van der Waals surface area (Å²) in [5, 5.41) is 2.59. The quantitative estimate of drug-likeness (QED) is 0.462. The molecule has 0 spiro atoms. The van der Waals surface area contributed by atoms with Crippen molar-refractivity contribution in [3.8, 4) is 0 Å². The van der Waals surface area contributed by atoms with E-state index < -0.39 is 34.4 Å². The number of carbonyl (C=O) groups excluding carboxylic acids is 1. The molecule has 2 aromatic heterocycles. The van der Waals surface area contributed by atoms with Crippen LogP contribution >= 0.6 is 0 Å². The molecule has 9 heteroatoms. The number of benzene rings is 2. The number of aromatic amines is 1. The van der Waals surface area contributed by atoms with Crippen molar-refractivity contribution in [2.24, 2.45) is 0 Å². The first-order chi connectivity index (χ1) is 14.1. The zero-order valence-corrected chi connectivity index (χ0v) is 15.4. The number of aryl methyl sites for hydroxylation is 1. The van der Waals surface area contributed by atoms with E-state index in [2.05, 4.69) is 15.3 Å². The summed E-state index contributed by atoms with van der Waals surface area (Å²) in [5.41, 5.74) is -1.42. The van der Waals surface area contributed by atoms with Gasteiger partial charge in [-0.1, -0.05) is 6.07 Å². The molecule has 0 bridgehead atoms. The Balaban J connectivity index is 1.80. The van der Waals surface area contributed by atoms with Crippen LogP contribution in [0.2, 0.25) is 0 Å². The predicted molar refractivity (Wildman–Crippen MR) is 104 cm³/mol. The number of hydrogen-bond acceptors (Lipinski definition) is 3. The van der Waals surface area contributed by atoms with Crippen LogP contribution in [-0.2, 0) is 6.18 Å². The Bertz CT molecular complexity index is 1380. The van der Waals surface area contributed by atoms with E-state index in [9.17, 15) is 27.2 Å². The van der Waals surface area contributed by atoms with Crippen LogP contribution in [0.25, 0.3) is 21.8 Å². The lowest BCUT2D eigenvalue weighted by Gasteiger charge is -2.12. The molecule has 152 valence electrons. The summed E-state index contributed by atoms with van der Waals surface area (Å²) in [7, 11) is 0. The Morgan fingerprint density at radius 3 is 2.60 bits per heavy atom. The minimum Gasteiger partial charge on any atom is -0.360 e. The number of hydrogen-bond donors (Lipinski definition) is 2. The van der Waals surface area contributed by atoms with Gasteiger partial charge in [0.1, 0.15) is 11.4 Å². The molecule has 0 radical (unpaired) electrons. The number of carbonyl (C=O) groups is 1. The Labute approximate surface area is 166 Å². The number of H-pyrrole nitrogens is 1. The SMILES string of the molecule is Cc1cc(NC(=O)c2c[nH]c3c(C(F)(F)F)cccc3c2=O)c2cc(F)ccc2n1. The van der Waals surface area contributed by atoms with Crippen molar-refractivity contribution in [1.82, 2.24) is 9.97 Å². The predicted octanol–water partition coefficient (Wildman–Crippen LogP) is 4.79. The second kappa shape index (κ2) is 6.94. The molecule has 4 rings (SSSR count). The molecule has 0 atom stereocenters. The summed E-state index contributed by atoms with van der Waals surface area (Å²) >= 11 is 0. The fourth-order valence-corrected chi connectivity index (χ4v) is 3.28. The minimum absolute atomic E-state index is 0.227. The molecule has 2 aromatic carbocycles. The highest BCUT2D eigenvalue weighted by molar-refractivity contribution is 6.09. The maximum atomic E-state index is 13.7. The Morgan fingerprint density at radius 1 is 1.10 bits per heavy atom. The van der Waals surface area contributed by atoms with E-state index in [0.717, 1.165) is 18.3 Å². The number of amides is 1. The van der Waals surface area contributed by atoms with Crippen LogP contribution in [-0.4, -0.2) is 15.9 Å². The van der Waals surface area contributed by atoms with Crippen LogP contribution in [0.3, 0.4) is 0 Å². The third kappa shape index (κ3) is 3.38. The fourth-order valence-electron chi connectivity index (χ4n) is 3.28. The molecule has 1 amide bonds. The number of fused-ring (bicyclic) bond motifs is 2. The summed E-state index contributed by atoms with van der Waals surface area (Å²) in [4.78, 5) is 32.1. The molecule has 2 N–H and O–H groups in total. The molecule has 0 aliphatic carbocycles. The van der Waals surface area contributed by atoms with Crippen LogP contribution in [0.4, 0.5) is 23.2 Å². The molecule has 0 aliphatic heterocycles. The number of para-hydroxylation sites is 1. The zero-order valence-electron chi connectivity index (χ0n) is 15.4. The number of nitrogens with zero attached hydrogens (tertiary/aromatic N) is 1. The van der Waals surface area contributed by atoms with Gasteiger partial charge >= 0.3 is 6.18 Å². The normalized spacial score (nSPS) is 11.8. The van der Waals surface area contributed by atoms with E-state index in [1.54, 1.807) is 6.92 Å². The van der Waals surface area contributed by atoms with Crippen molar-refractivity contribution >= 4 is 33.4 Å². The van der Waals surface area contributed by atoms with E-state index in [4.69, 9.17) is 0 Å². The number of aromatic nitrogens is 2. The highest BCUT2D eigenvalue weighted by atomic mass is 19.4. The standard InChI is InChI=1S/C21H13F4N3O2/c1-10-7-17(13-8-11(22)5-6-16(13)27-10)28-20(30)14-9-26-18-12(19(14)29)3-2-4-15(18)21(23,24)25/h2-9H,1H3,(H,26,29)(H,27,28,30). The second-order valence-electron chi connectivity index (χ2n) is 6.68. The lowest BCUT2D eigenvalue weighted by molar-refractivity contribution is -0.136. The second-order valence-corrected chi connectivity index (χ2v) is 6.68. The average Bonchev–Trinajstić information content (AvgIpc) is 2.67. The van der Waals surface area contributed by atoms with Gasteiger partial charge in [0, 0.05) is 22.7 Å². The number of anilines is 1. The smallest absolute Gasteiger partial charge is 0.360 e. The highest BCUT2D eigenvalue weighted by Gasteiger charge is 2.33. The van der Waals surface area contributed by atoms with Crippen molar-refractivity contribution in [2.45, 2.75) is 13.1 Å². The van der Waals surface area contributed by atoms with Gasteiger partial charge in [-0.25, -0.2) is 4.39 Å². The molecule has 2 heterocycles. The van der Waals surface area contributed by atoms with E-state index in [1.165, 1.54) is 30.3 Å². The molecular formula is C21H13F4N3O2. The van der Waals surface area contributed by atoms with E-state index in [1.807, 2.05) is 0 Å². The number of alkyl halides is 3. The van der Waals surface area contributed by atoms with Gasteiger partial charge in [-0.15, -0.1) is 0 Å². The van der Waals surface area contributed by atoms with Crippen LogP contribution in [0.1, 0.15) is 21.6 Å². The molecular weight excluding hydrogens is 402 g/mol. The first kappa shape index (κ1) is 19.6. The van der Waals surface area contributed by atoms with Gasteiger partial charge in [-0.3, -0.25) is 14.6 Å². The van der Waals surface area contributed by atoms with E-state index in [-0.39, 0.29) is 16.6 Å². The topological polar surface area (TPSA) is 74.8 Å². The van der Waals surface area contributed by atoms with Crippen molar-refractivity contribution < 1.29 is 22.4 Å². The van der Waals surface area contributed by atoms with E-state index >= 15 is 0 Å². The molecule has 4 aromatic rings. The molecule has 5 nitrogen and oxygen atoms in total. The van der Waals surface area contributed by atoms with Gasteiger partial charge < -0.3 is 10.3 Å². The van der Waals surface area contributed by atoms with Gasteiger partial charge in [0.05, 0.1) is 22.3 Å². The monoisotopic (exact) mass is 415 g/mol. The van der Waals surface area contributed by atoms with Crippen LogP contribution in [0.15, 0.2) is 53.5 Å². The summed E-state index contributed by atoms with van der Waals surface area (Å²) in [6.07, 6.45) is -3.73. The zero-order chi connectivity index (χ0) is 21.6. The lowest BCUT2D eigenvalue weighted by Crippen LogP contribution is -2.23. The first-order valence-electron chi connectivity index (χ1n) is 8.75. The molecule has 0 unspecified atom stereocenters. The third-order valence-electron chi connectivity index (χ3n) is 4.61. The van der Waals surface area contributed by atoms with Crippen LogP contribution in [0.5, 0.6) is 0 Å². The van der Waals surface area contributed by atoms with Crippen LogP contribution in [0, 0.1) is 12.7 Å². The molecule has 0 fully saturated rings. The highest BCUT2D eigenvalue weighted by Crippen LogP contribution is 2.33. The molecule has 0 saturated heterocycles. The summed E-state index contributed by atoms with van der Waals surface area (Å²) in [6, 6.07) is 8.54. The summed E-state index contributed by atoms with van der Waals surface area (Å²) in [6.45, 7) is 1.68. The van der Waals surface area contributed by atoms with Crippen molar-refractivity contribution in [3.63, 3.8) is 0 Å². The minimum atomic E-state index is -4.66. The third-order valence-corrected chi connectivity index (χ3v) is 4.61. The summed E-state index contributed by atoms with van der Waals surface area (Å²) < 4.78 is 53.2. The number of halogens is 4. The molecule has 0 aliphatic rings. The van der Waals surface area contributed by atoms with Gasteiger partial charge in [0.15, 0.2) is 0 Å². The average molecular weight is 415 g/mol. The van der Waals surface area contributed by atoms with Crippen molar-refractivity contribution in [2.75, 3.05) is 5.32 Å². The Hall–Kier alpha value is -3.75. The fraction of sp³-hybridized carbons (Fsp3) is 0.0952. The van der Waals surface area contributed by atoms with E-state index in [0.29, 0.717) is 16.6 Å². The van der Waals surface area contributed by atoms with Crippen LogP contribution < -0.4 is 10.7 Å². The van der Waals surface area contributed by atoms with Gasteiger partial charge in [-0.05, 0) is 43.3 Å². The lowest BCUT2D eigenvalue weighted by atomic mass is 10.1. The molecule has 30 heavy (non-hydrogen) atoms. The first-order valence-corrected chi connectivity index (χ1v) is 8.75. The van der Waals surface area contributed by atoms with Gasteiger partial charge in [0.2, 0.25) is 5.43 Å². The van der Waals surface area contributed by atoms with Gasteiger partial charge in [-0.2, -0.15) is 13.2 Å². The number of nitrogens with one attached hydrogen (secondary N) is 2. The van der Waals surface area contributed by atoms with Crippen molar-refractivity contribution in [3.05, 3.63) is 81.5 Å². The maximum Gasteiger partial charge on any atom is 0.418 e. The van der Waals surface area contributed by atoms with Gasteiger partial charge in [0.25, 0.3) is 5.91 Å². The Kier molecular flexibility index (Phi) is 4.53.